The third-order valence-corrected chi connectivity index (χ3v) is 4.65. The minimum absolute atomic E-state index is 0.148. The van der Waals surface area contributed by atoms with Crippen molar-refractivity contribution in [2.45, 2.75) is 6.04 Å². The molecule has 1 N–H and O–H groups in total. The third-order valence-electron chi connectivity index (χ3n) is 4.65. The first-order valence-corrected chi connectivity index (χ1v) is 8.52. The van der Waals surface area contributed by atoms with Gasteiger partial charge in [0.2, 0.25) is 0 Å². The molecule has 0 spiro atoms. The minimum atomic E-state index is 0.148. The molecule has 0 saturated heterocycles. The molecule has 4 rings (SSSR count). The van der Waals surface area contributed by atoms with E-state index in [2.05, 4.69) is 83.1 Å². The maximum atomic E-state index is 4.24. The quantitative estimate of drug-likeness (QED) is 0.557. The highest BCUT2D eigenvalue weighted by Crippen LogP contribution is 2.30. The molecule has 0 aliphatic carbocycles. The van der Waals surface area contributed by atoms with Gasteiger partial charge in [-0.2, -0.15) is 0 Å². The first-order valence-electron chi connectivity index (χ1n) is 8.52. The van der Waals surface area contributed by atoms with Crippen LogP contribution in [0.2, 0.25) is 0 Å². The van der Waals surface area contributed by atoms with Crippen LogP contribution in [0.1, 0.15) is 17.2 Å². The Morgan fingerprint density at radius 3 is 2.32 bits per heavy atom. The van der Waals surface area contributed by atoms with E-state index in [4.69, 9.17) is 0 Å². The van der Waals surface area contributed by atoms with E-state index in [1.807, 2.05) is 19.3 Å². The molecule has 1 aromatic heterocycles. The molecular weight excluding hydrogens is 304 g/mol. The fourth-order valence-electron chi connectivity index (χ4n) is 3.40. The van der Waals surface area contributed by atoms with E-state index in [-0.39, 0.29) is 6.04 Å². The van der Waals surface area contributed by atoms with Crippen molar-refractivity contribution in [1.82, 2.24) is 10.3 Å². The molecule has 0 amide bonds. The Labute approximate surface area is 148 Å². The Hall–Kier alpha value is -2.97. The number of fused-ring (bicyclic) bond motifs is 1. The molecule has 0 saturated carbocycles. The van der Waals surface area contributed by atoms with E-state index in [0.29, 0.717) is 0 Å². The Morgan fingerprint density at radius 2 is 1.56 bits per heavy atom. The summed E-state index contributed by atoms with van der Waals surface area (Å²) in [7, 11) is 1.98. The van der Waals surface area contributed by atoms with Crippen molar-refractivity contribution in [3.8, 4) is 11.1 Å². The van der Waals surface area contributed by atoms with E-state index in [9.17, 15) is 0 Å². The van der Waals surface area contributed by atoms with Crippen molar-refractivity contribution in [3.63, 3.8) is 0 Å². The lowest BCUT2D eigenvalue weighted by Gasteiger charge is -2.17. The Bertz CT molecular complexity index is 970. The second-order valence-electron chi connectivity index (χ2n) is 6.16. The number of nitrogens with one attached hydrogen (secondary N) is 1. The van der Waals surface area contributed by atoms with Crippen LogP contribution in [-0.4, -0.2) is 12.0 Å². The molecule has 1 unspecified atom stereocenters. The lowest BCUT2D eigenvalue weighted by atomic mass is 9.95. The molecule has 4 aromatic rings. The first kappa shape index (κ1) is 15.6. The number of rotatable bonds is 4. The summed E-state index contributed by atoms with van der Waals surface area (Å²) in [6.45, 7) is 0. The fourth-order valence-corrected chi connectivity index (χ4v) is 3.40. The van der Waals surface area contributed by atoms with Gasteiger partial charge in [-0.25, -0.2) is 0 Å². The number of nitrogens with zero attached hydrogens (tertiary/aromatic N) is 1. The van der Waals surface area contributed by atoms with Crippen LogP contribution in [0.25, 0.3) is 21.9 Å². The van der Waals surface area contributed by atoms with Crippen LogP contribution in [-0.2, 0) is 0 Å². The molecule has 1 atom stereocenters. The van der Waals surface area contributed by atoms with E-state index in [1.54, 1.807) is 6.20 Å². The second-order valence-corrected chi connectivity index (χ2v) is 6.16. The molecule has 0 radical (unpaired) electrons. The normalized spacial score (nSPS) is 12.2. The maximum absolute atomic E-state index is 4.24. The van der Waals surface area contributed by atoms with E-state index in [0.717, 1.165) is 0 Å². The van der Waals surface area contributed by atoms with Gasteiger partial charge in [0.25, 0.3) is 0 Å². The summed E-state index contributed by atoms with van der Waals surface area (Å²) >= 11 is 0. The molecule has 0 fully saturated rings. The topological polar surface area (TPSA) is 24.9 Å². The van der Waals surface area contributed by atoms with Gasteiger partial charge in [-0.15, -0.1) is 0 Å². The summed E-state index contributed by atoms with van der Waals surface area (Å²) in [6.07, 6.45) is 3.72. The van der Waals surface area contributed by atoms with Crippen LogP contribution in [0.4, 0.5) is 0 Å². The third kappa shape index (κ3) is 3.04. The zero-order valence-corrected chi connectivity index (χ0v) is 14.2. The highest BCUT2D eigenvalue weighted by molar-refractivity contribution is 5.96. The van der Waals surface area contributed by atoms with Gasteiger partial charge in [0.15, 0.2) is 0 Å². The number of pyridine rings is 1. The van der Waals surface area contributed by atoms with Crippen LogP contribution in [0.15, 0.2) is 91.3 Å². The summed E-state index contributed by atoms with van der Waals surface area (Å²) in [4.78, 5) is 4.24. The van der Waals surface area contributed by atoms with Crippen LogP contribution < -0.4 is 5.32 Å². The molecule has 3 aromatic carbocycles. The van der Waals surface area contributed by atoms with Crippen molar-refractivity contribution < 1.29 is 0 Å². The fraction of sp³-hybridized carbons (Fsp3) is 0.0870. The summed E-state index contributed by atoms with van der Waals surface area (Å²) in [5, 5.41) is 5.94. The van der Waals surface area contributed by atoms with Crippen molar-refractivity contribution in [2.75, 3.05) is 7.05 Å². The highest BCUT2D eigenvalue weighted by atomic mass is 14.9. The Balaban J connectivity index is 1.72. The van der Waals surface area contributed by atoms with Crippen LogP contribution in [0.3, 0.4) is 0 Å². The maximum Gasteiger partial charge on any atom is 0.0589 e. The summed E-state index contributed by atoms with van der Waals surface area (Å²) < 4.78 is 0. The predicted octanol–water partition coefficient (Wildman–Crippen LogP) is 5.21. The standard InChI is InChI=1S/C23H20N2/c1-24-23(20-8-5-15-25-16-20)19-13-11-18(12-14-19)22-10-4-7-17-6-2-3-9-21(17)22/h2-16,23-24H,1H3. The first-order chi connectivity index (χ1) is 12.4. The predicted molar refractivity (Wildman–Crippen MR) is 105 cm³/mol. The zero-order valence-electron chi connectivity index (χ0n) is 14.2. The number of aromatic nitrogens is 1. The summed E-state index contributed by atoms with van der Waals surface area (Å²) in [6, 6.07) is 28.0. The highest BCUT2D eigenvalue weighted by Gasteiger charge is 2.12. The van der Waals surface area contributed by atoms with Crippen molar-refractivity contribution in [1.29, 1.82) is 0 Å². The van der Waals surface area contributed by atoms with E-state index < -0.39 is 0 Å². The van der Waals surface area contributed by atoms with Crippen LogP contribution >= 0.6 is 0 Å². The average Bonchev–Trinajstić information content (AvgIpc) is 2.70. The number of hydrogen-bond acceptors (Lipinski definition) is 2. The van der Waals surface area contributed by atoms with Gasteiger partial charge in [0.05, 0.1) is 6.04 Å². The molecule has 25 heavy (non-hydrogen) atoms. The molecular formula is C23H20N2. The van der Waals surface area contributed by atoms with Gasteiger partial charge in [-0.05, 0) is 46.1 Å². The number of benzene rings is 3. The smallest absolute Gasteiger partial charge is 0.0589 e. The number of hydrogen-bond donors (Lipinski definition) is 1. The molecule has 2 nitrogen and oxygen atoms in total. The molecule has 0 bridgehead atoms. The molecule has 0 aliphatic heterocycles. The monoisotopic (exact) mass is 324 g/mol. The molecule has 0 aliphatic rings. The molecule has 1 heterocycles. The summed E-state index contributed by atoms with van der Waals surface area (Å²) in [5.74, 6) is 0. The van der Waals surface area contributed by atoms with E-state index in [1.165, 1.54) is 33.0 Å². The minimum Gasteiger partial charge on any atom is -0.309 e. The lowest BCUT2D eigenvalue weighted by Crippen LogP contribution is -2.17. The largest absolute Gasteiger partial charge is 0.309 e. The lowest BCUT2D eigenvalue weighted by molar-refractivity contribution is 0.689. The van der Waals surface area contributed by atoms with Gasteiger partial charge in [-0.1, -0.05) is 72.8 Å². The van der Waals surface area contributed by atoms with Gasteiger partial charge in [-0.3, -0.25) is 4.98 Å². The van der Waals surface area contributed by atoms with Crippen molar-refractivity contribution in [2.24, 2.45) is 0 Å². The van der Waals surface area contributed by atoms with Gasteiger partial charge >= 0.3 is 0 Å². The van der Waals surface area contributed by atoms with Crippen LogP contribution in [0.5, 0.6) is 0 Å². The van der Waals surface area contributed by atoms with Crippen LogP contribution in [0, 0.1) is 0 Å². The Kier molecular flexibility index (Phi) is 4.28. The van der Waals surface area contributed by atoms with Gasteiger partial charge in [0.1, 0.15) is 0 Å². The average molecular weight is 324 g/mol. The van der Waals surface area contributed by atoms with Crippen molar-refractivity contribution in [3.05, 3.63) is 102 Å². The molecule has 122 valence electrons. The summed E-state index contributed by atoms with van der Waals surface area (Å²) in [5.41, 5.74) is 4.91. The zero-order chi connectivity index (χ0) is 17.1. The van der Waals surface area contributed by atoms with Gasteiger partial charge < -0.3 is 5.32 Å². The second kappa shape index (κ2) is 6.88. The van der Waals surface area contributed by atoms with Crippen molar-refractivity contribution >= 4 is 10.8 Å². The van der Waals surface area contributed by atoms with E-state index >= 15 is 0 Å². The van der Waals surface area contributed by atoms with Gasteiger partial charge in [0, 0.05) is 12.4 Å². The Morgan fingerprint density at radius 1 is 0.760 bits per heavy atom. The molecule has 2 heteroatoms. The SMILES string of the molecule is CNC(c1ccc(-c2cccc3ccccc23)cc1)c1cccnc1.